The predicted molar refractivity (Wildman–Crippen MR) is 98.7 cm³/mol. The van der Waals surface area contributed by atoms with Gasteiger partial charge in [-0.05, 0) is 30.9 Å². The first-order valence-corrected chi connectivity index (χ1v) is 8.29. The van der Waals surface area contributed by atoms with Crippen molar-refractivity contribution in [3.63, 3.8) is 0 Å². The van der Waals surface area contributed by atoms with E-state index in [-0.39, 0.29) is 36.0 Å². The van der Waals surface area contributed by atoms with Gasteiger partial charge in [0.05, 0.1) is 5.69 Å². The Bertz CT molecular complexity index is 753. The Morgan fingerprint density at radius 2 is 1.85 bits per heavy atom. The molecule has 0 spiro atoms. The lowest BCUT2D eigenvalue weighted by Gasteiger charge is -2.16. The van der Waals surface area contributed by atoms with Gasteiger partial charge in [-0.3, -0.25) is 4.79 Å². The molecule has 3 rings (SSSR count). The molecule has 0 aliphatic heterocycles. The number of hydrogen-bond donors (Lipinski definition) is 2. The monoisotopic (exact) mass is 382 g/mol. The number of amides is 1. The van der Waals surface area contributed by atoms with Crippen LogP contribution in [0, 0.1) is 17.6 Å². The van der Waals surface area contributed by atoms with E-state index in [1.807, 2.05) is 0 Å². The van der Waals surface area contributed by atoms with E-state index in [9.17, 15) is 13.6 Å². The first kappa shape index (κ1) is 20.1. The van der Waals surface area contributed by atoms with Gasteiger partial charge in [-0.25, -0.2) is 8.78 Å². The molecule has 1 aliphatic carbocycles. The molecule has 1 amide bonds. The Morgan fingerprint density at radius 1 is 1.15 bits per heavy atom. The predicted octanol–water partition coefficient (Wildman–Crippen LogP) is 4.63. The minimum absolute atomic E-state index is 0. The number of rotatable bonds is 5. The molecule has 0 aromatic heterocycles. The van der Waals surface area contributed by atoms with Gasteiger partial charge in [0, 0.05) is 30.7 Å². The maximum absolute atomic E-state index is 13.3. The van der Waals surface area contributed by atoms with Crippen LogP contribution in [-0.4, -0.2) is 11.9 Å². The molecule has 2 aromatic rings. The molecule has 4 nitrogen and oxygen atoms in total. The van der Waals surface area contributed by atoms with Crippen LogP contribution < -0.4 is 15.8 Å². The Balaban J connectivity index is 0.00000243. The summed E-state index contributed by atoms with van der Waals surface area (Å²) < 4.78 is 32.2. The minimum Gasteiger partial charge on any atom is -0.455 e. The second-order valence-corrected chi connectivity index (χ2v) is 6.31. The van der Waals surface area contributed by atoms with Gasteiger partial charge in [0.1, 0.15) is 17.4 Å². The standard InChI is InChI=1S/C19H20F2N2O2.ClH/c20-13-9-14(21)11-15(10-13)25-18-7-2-1-6-17(18)23-19(24)8-12-4-3-5-16(12)22;/h1-2,6-7,9-12,16H,3-5,8,22H2,(H,23,24);1H/t12-,16+;/m0./s1. The zero-order valence-corrected chi connectivity index (χ0v) is 14.9. The third-order valence-electron chi connectivity index (χ3n) is 4.39. The normalized spacial score (nSPS) is 18.9. The maximum Gasteiger partial charge on any atom is 0.224 e. The lowest BCUT2D eigenvalue weighted by Crippen LogP contribution is -2.28. The number of nitrogens with one attached hydrogen (secondary N) is 1. The molecule has 26 heavy (non-hydrogen) atoms. The smallest absolute Gasteiger partial charge is 0.224 e. The average molecular weight is 383 g/mol. The second kappa shape index (κ2) is 8.96. The van der Waals surface area contributed by atoms with Gasteiger partial charge in [-0.15, -0.1) is 12.4 Å². The van der Waals surface area contributed by atoms with Gasteiger partial charge >= 0.3 is 0 Å². The fourth-order valence-corrected chi connectivity index (χ4v) is 3.13. The summed E-state index contributed by atoms with van der Waals surface area (Å²) >= 11 is 0. The summed E-state index contributed by atoms with van der Waals surface area (Å²) in [7, 11) is 0. The van der Waals surface area contributed by atoms with Gasteiger partial charge in [-0.2, -0.15) is 0 Å². The highest BCUT2D eigenvalue weighted by Crippen LogP contribution is 2.31. The van der Waals surface area contributed by atoms with Crippen LogP contribution in [0.1, 0.15) is 25.7 Å². The number of carbonyl (C=O) groups excluding carboxylic acids is 1. The van der Waals surface area contributed by atoms with Crippen LogP contribution in [0.15, 0.2) is 42.5 Å². The molecule has 0 bridgehead atoms. The number of benzene rings is 2. The summed E-state index contributed by atoms with van der Waals surface area (Å²) in [5.41, 5.74) is 6.45. The quantitative estimate of drug-likeness (QED) is 0.792. The third-order valence-corrected chi connectivity index (χ3v) is 4.39. The number of ether oxygens (including phenoxy) is 1. The molecule has 1 fully saturated rings. The Hall–Kier alpha value is -2.18. The molecule has 1 aliphatic rings. The van der Waals surface area contributed by atoms with Crippen molar-refractivity contribution < 1.29 is 18.3 Å². The first-order chi connectivity index (χ1) is 12.0. The largest absolute Gasteiger partial charge is 0.455 e. The van der Waals surface area contributed by atoms with Crippen molar-refractivity contribution >= 4 is 24.0 Å². The average Bonchev–Trinajstić information content (AvgIpc) is 2.93. The second-order valence-electron chi connectivity index (χ2n) is 6.31. The van der Waals surface area contributed by atoms with Crippen LogP contribution in [0.2, 0.25) is 0 Å². The summed E-state index contributed by atoms with van der Waals surface area (Å²) in [4.78, 5) is 12.3. The molecule has 0 unspecified atom stereocenters. The molecule has 0 radical (unpaired) electrons. The highest BCUT2D eigenvalue weighted by atomic mass is 35.5. The molecule has 0 saturated heterocycles. The van der Waals surface area contributed by atoms with Crippen LogP contribution in [-0.2, 0) is 4.79 Å². The number of para-hydroxylation sites is 2. The van der Waals surface area contributed by atoms with Crippen LogP contribution >= 0.6 is 12.4 Å². The van der Waals surface area contributed by atoms with Crippen molar-refractivity contribution in [2.45, 2.75) is 31.7 Å². The number of halogens is 3. The summed E-state index contributed by atoms with van der Waals surface area (Å²) in [6.45, 7) is 0. The number of hydrogen-bond acceptors (Lipinski definition) is 3. The van der Waals surface area contributed by atoms with Gasteiger partial charge in [-0.1, -0.05) is 18.6 Å². The third kappa shape index (κ3) is 5.16. The molecule has 0 heterocycles. The molecule has 3 N–H and O–H groups in total. The molecule has 2 aromatic carbocycles. The highest BCUT2D eigenvalue weighted by molar-refractivity contribution is 5.92. The van der Waals surface area contributed by atoms with E-state index in [4.69, 9.17) is 10.5 Å². The molecular weight excluding hydrogens is 362 g/mol. The zero-order valence-electron chi connectivity index (χ0n) is 14.1. The van der Waals surface area contributed by atoms with E-state index in [0.717, 1.165) is 37.5 Å². The van der Waals surface area contributed by atoms with Gasteiger partial charge in [0.15, 0.2) is 5.75 Å². The molecule has 1 saturated carbocycles. The Morgan fingerprint density at radius 3 is 2.50 bits per heavy atom. The van der Waals surface area contributed by atoms with Crippen molar-refractivity contribution in [2.24, 2.45) is 11.7 Å². The van der Waals surface area contributed by atoms with Crippen molar-refractivity contribution in [1.82, 2.24) is 0 Å². The van der Waals surface area contributed by atoms with Gasteiger partial charge in [0.2, 0.25) is 5.91 Å². The fourth-order valence-electron chi connectivity index (χ4n) is 3.13. The van der Waals surface area contributed by atoms with Crippen molar-refractivity contribution in [3.05, 3.63) is 54.1 Å². The van der Waals surface area contributed by atoms with Crippen LogP contribution in [0.25, 0.3) is 0 Å². The highest BCUT2D eigenvalue weighted by Gasteiger charge is 2.26. The van der Waals surface area contributed by atoms with Crippen molar-refractivity contribution in [1.29, 1.82) is 0 Å². The lowest BCUT2D eigenvalue weighted by molar-refractivity contribution is -0.117. The fraction of sp³-hybridized carbons (Fsp3) is 0.316. The summed E-state index contributed by atoms with van der Waals surface area (Å²) in [6, 6.07) is 9.76. The summed E-state index contributed by atoms with van der Waals surface area (Å²) in [5.74, 6) is -1.08. The van der Waals surface area contributed by atoms with E-state index in [2.05, 4.69) is 5.32 Å². The van der Waals surface area contributed by atoms with E-state index in [0.29, 0.717) is 17.9 Å². The van der Waals surface area contributed by atoms with Gasteiger partial charge in [0.25, 0.3) is 0 Å². The van der Waals surface area contributed by atoms with E-state index >= 15 is 0 Å². The summed E-state index contributed by atoms with van der Waals surface area (Å²) in [6.07, 6.45) is 3.30. The summed E-state index contributed by atoms with van der Waals surface area (Å²) in [5, 5.41) is 2.80. The number of carbonyl (C=O) groups is 1. The molecular formula is C19H21ClF2N2O2. The molecule has 140 valence electrons. The van der Waals surface area contributed by atoms with Crippen LogP contribution in [0.4, 0.5) is 14.5 Å². The van der Waals surface area contributed by atoms with E-state index in [1.165, 1.54) is 0 Å². The van der Waals surface area contributed by atoms with Crippen LogP contribution in [0.5, 0.6) is 11.5 Å². The van der Waals surface area contributed by atoms with E-state index in [1.54, 1.807) is 24.3 Å². The Labute approximate surface area is 157 Å². The van der Waals surface area contributed by atoms with Crippen LogP contribution in [0.3, 0.4) is 0 Å². The van der Waals surface area contributed by atoms with Crippen molar-refractivity contribution in [2.75, 3.05) is 5.32 Å². The van der Waals surface area contributed by atoms with Crippen molar-refractivity contribution in [3.8, 4) is 11.5 Å². The van der Waals surface area contributed by atoms with E-state index < -0.39 is 11.6 Å². The first-order valence-electron chi connectivity index (χ1n) is 8.29. The zero-order chi connectivity index (χ0) is 17.8. The van der Waals surface area contributed by atoms with Gasteiger partial charge < -0.3 is 15.8 Å². The topological polar surface area (TPSA) is 64.4 Å². The molecule has 7 heteroatoms. The number of anilines is 1. The number of nitrogens with two attached hydrogens (primary N) is 1. The minimum atomic E-state index is -0.730. The molecule has 2 atom stereocenters. The lowest BCUT2D eigenvalue weighted by atomic mass is 10.00. The maximum atomic E-state index is 13.3. The SMILES string of the molecule is Cl.N[C@@H]1CCC[C@H]1CC(=O)Nc1ccccc1Oc1cc(F)cc(F)c1. The Kier molecular flexibility index (Phi) is 6.94.